The molecule has 7 nitrogen and oxygen atoms in total. The number of carbonyl (C=O) groups is 1. The van der Waals surface area contributed by atoms with Gasteiger partial charge in [0.05, 0.1) is 22.7 Å². The molecule has 0 bridgehead atoms. The molecule has 0 aliphatic heterocycles. The summed E-state index contributed by atoms with van der Waals surface area (Å²) in [5, 5.41) is 16.4. The van der Waals surface area contributed by atoms with Crippen LogP contribution in [0.1, 0.15) is 50.2 Å². The Bertz CT molecular complexity index is 1490. The number of nitrogens with one attached hydrogen (secondary N) is 3. The van der Waals surface area contributed by atoms with Gasteiger partial charge in [0.2, 0.25) is 0 Å². The maximum absolute atomic E-state index is 13.4. The minimum atomic E-state index is -0.276. The second-order valence-electron chi connectivity index (χ2n) is 8.40. The summed E-state index contributed by atoms with van der Waals surface area (Å²) >= 11 is 0. The van der Waals surface area contributed by atoms with Crippen LogP contribution in [-0.4, -0.2) is 22.5 Å². The maximum Gasteiger partial charge on any atom is 0.254 e. The third-order valence-electron chi connectivity index (χ3n) is 6.17. The number of aryl methyl sites for hydroxylation is 2. The maximum atomic E-state index is 13.4. The van der Waals surface area contributed by atoms with Crippen LogP contribution in [0.3, 0.4) is 0 Å². The number of hydrogen-bond donors (Lipinski definition) is 3. The molecule has 0 saturated heterocycles. The Kier molecular flexibility index (Phi) is 6.35. The number of fused-ring (bicyclic) bond motifs is 1. The van der Waals surface area contributed by atoms with Crippen molar-refractivity contribution in [3.63, 3.8) is 0 Å². The highest BCUT2D eigenvalue weighted by atomic mass is 16.2. The fourth-order valence-electron chi connectivity index (χ4n) is 4.59. The molecule has 1 amide bonds. The number of nitrogens with zero attached hydrogens (tertiary/aromatic N) is 2. The van der Waals surface area contributed by atoms with Gasteiger partial charge < -0.3 is 14.9 Å². The van der Waals surface area contributed by atoms with E-state index in [4.69, 9.17) is 0 Å². The van der Waals surface area contributed by atoms with Crippen molar-refractivity contribution in [2.24, 2.45) is 0 Å². The SMILES string of the molecule is CNC(c1cccc(C#N)c1)n1c(C)c(C(=O)NCc2c(C)cc(C)[nH]c2=O)c2ccccc21. The van der Waals surface area contributed by atoms with E-state index < -0.39 is 0 Å². The lowest BCUT2D eigenvalue weighted by Crippen LogP contribution is -2.29. The Morgan fingerprint density at radius 2 is 1.88 bits per heavy atom. The number of rotatable bonds is 6. The Hall–Kier alpha value is -4.15. The molecular formula is C27H27N5O2. The van der Waals surface area contributed by atoms with Crippen LogP contribution in [0.2, 0.25) is 0 Å². The predicted molar refractivity (Wildman–Crippen MR) is 133 cm³/mol. The summed E-state index contributed by atoms with van der Waals surface area (Å²) in [6.07, 6.45) is -0.276. The number of carbonyl (C=O) groups excluding carboxylic acids is 1. The third kappa shape index (κ3) is 4.12. The van der Waals surface area contributed by atoms with E-state index in [1.165, 1.54) is 0 Å². The van der Waals surface area contributed by atoms with Crippen molar-refractivity contribution < 1.29 is 4.79 Å². The van der Waals surface area contributed by atoms with Gasteiger partial charge in [0, 0.05) is 28.9 Å². The minimum Gasteiger partial charge on any atom is -0.348 e. The summed E-state index contributed by atoms with van der Waals surface area (Å²) in [5.74, 6) is -0.243. The van der Waals surface area contributed by atoms with Gasteiger partial charge in [0.15, 0.2) is 0 Å². The van der Waals surface area contributed by atoms with Crippen molar-refractivity contribution in [3.05, 3.63) is 104 Å². The molecular weight excluding hydrogens is 426 g/mol. The molecule has 0 fully saturated rings. The van der Waals surface area contributed by atoms with E-state index in [0.717, 1.165) is 33.4 Å². The van der Waals surface area contributed by atoms with E-state index in [1.54, 1.807) is 6.07 Å². The fourth-order valence-corrected chi connectivity index (χ4v) is 4.59. The quantitative estimate of drug-likeness (QED) is 0.413. The summed E-state index contributed by atoms with van der Waals surface area (Å²) in [4.78, 5) is 28.6. The molecule has 0 spiro atoms. The summed E-state index contributed by atoms with van der Waals surface area (Å²) in [6.45, 7) is 5.75. The Morgan fingerprint density at radius 1 is 1.12 bits per heavy atom. The van der Waals surface area contributed by atoms with Gasteiger partial charge in [-0.3, -0.25) is 14.9 Å². The zero-order valence-corrected chi connectivity index (χ0v) is 19.7. The van der Waals surface area contributed by atoms with E-state index in [1.807, 2.05) is 76.3 Å². The molecule has 34 heavy (non-hydrogen) atoms. The lowest BCUT2D eigenvalue weighted by Gasteiger charge is -2.22. The topological polar surface area (TPSA) is 103 Å². The fraction of sp³-hybridized carbons (Fsp3) is 0.222. The molecule has 2 aromatic heterocycles. The molecule has 0 radical (unpaired) electrons. The number of amides is 1. The Balaban J connectivity index is 1.76. The zero-order chi connectivity index (χ0) is 24.4. The van der Waals surface area contributed by atoms with Crippen molar-refractivity contribution in [1.82, 2.24) is 20.2 Å². The average molecular weight is 454 g/mol. The largest absolute Gasteiger partial charge is 0.348 e. The standard InChI is InChI=1S/C27H27N5O2/c1-16-12-17(2)31-26(33)22(16)15-30-27(34)24-18(3)32(23-11-6-5-10-21(23)24)25(29-4)20-9-7-8-19(13-20)14-28/h5-13,25,29H,15H2,1-4H3,(H,30,34)(H,31,33). The number of para-hydroxylation sites is 1. The second kappa shape index (κ2) is 9.38. The summed E-state index contributed by atoms with van der Waals surface area (Å²) in [5.41, 5.74) is 5.72. The molecule has 4 aromatic rings. The van der Waals surface area contributed by atoms with Crippen LogP contribution in [0.25, 0.3) is 10.9 Å². The molecule has 4 rings (SSSR count). The first kappa shape index (κ1) is 23.0. The smallest absolute Gasteiger partial charge is 0.254 e. The van der Waals surface area contributed by atoms with Crippen molar-refractivity contribution in [1.29, 1.82) is 5.26 Å². The molecule has 0 aliphatic rings. The molecule has 7 heteroatoms. The molecule has 1 atom stereocenters. The van der Waals surface area contributed by atoms with Crippen LogP contribution in [0.5, 0.6) is 0 Å². The summed E-state index contributed by atoms with van der Waals surface area (Å²) < 4.78 is 2.07. The first-order valence-electron chi connectivity index (χ1n) is 11.1. The van der Waals surface area contributed by atoms with Crippen LogP contribution in [0.15, 0.2) is 59.4 Å². The van der Waals surface area contributed by atoms with Crippen molar-refractivity contribution in [2.45, 2.75) is 33.5 Å². The molecule has 1 unspecified atom stereocenters. The van der Waals surface area contributed by atoms with Crippen LogP contribution >= 0.6 is 0 Å². The normalized spacial score (nSPS) is 11.9. The first-order chi connectivity index (χ1) is 16.3. The van der Waals surface area contributed by atoms with Gasteiger partial charge in [-0.1, -0.05) is 30.3 Å². The van der Waals surface area contributed by atoms with Crippen LogP contribution in [-0.2, 0) is 6.54 Å². The highest BCUT2D eigenvalue weighted by molar-refractivity contribution is 6.08. The molecule has 0 aliphatic carbocycles. The average Bonchev–Trinajstić information content (AvgIpc) is 3.11. The molecule has 0 saturated carbocycles. The van der Waals surface area contributed by atoms with Gasteiger partial charge in [0.25, 0.3) is 11.5 Å². The third-order valence-corrected chi connectivity index (χ3v) is 6.17. The zero-order valence-electron chi connectivity index (χ0n) is 19.7. The number of benzene rings is 2. The number of nitriles is 1. The summed E-state index contributed by atoms with van der Waals surface area (Å²) in [7, 11) is 1.85. The lowest BCUT2D eigenvalue weighted by atomic mass is 10.1. The summed E-state index contributed by atoms with van der Waals surface area (Å²) in [6, 6.07) is 19.3. The van der Waals surface area contributed by atoms with E-state index in [9.17, 15) is 14.9 Å². The predicted octanol–water partition coefficient (Wildman–Crippen LogP) is 3.82. The highest BCUT2D eigenvalue weighted by Gasteiger charge is 2.24. The van der Waals surface area contributed by atoms with E-state index in [-0.39, 0.29) is 24.2 Å². The number of hydrogen-bond acceptors (Lipinski definition) is 4. The Morgan fingerprint density at radius 3 is 2.59 bits per heavy atom. The number of pyridine rings is 1. The number of aromatic nitrogens is 2. The second-order valence-corrected chi connectivity index (χ2v) is 8.40. The van der Waals surface area contributed by atoms with Gasteiger partial charge in [0.1, 0.15) is 6.17 Å². The lowest BCUT2D eigenvalue weighted by molar-refractivity contribution is 0.0951. The molecule has 2 heterocycles. The van der Waals surface area contributed by atoms with Gasteiger partial charge in [-0.2, -0.15) is 5.26 Å². The van der Waals surface area contributed by atoms with Crippen LogP contribution in [0.4, 0.5) is 0 Å². The van der Waals surface area contributed by atoms with Crippen molar-refractivity contribution in [2.75, 3.05) is 7.05 Å². The number of H-pyrrole nitrogens is 1. The van der Waals surface area contributed by atoms with E-state index >= 15 is 0 Å². The first-order valence-corrected chi connectivity index (χ1v) is 11.1. The van der Waals surface area contributed by atoms with E-state index in [2.05, 4.69) is 26.3 Å². The molecule has 2 aromatic carbocycles. The van der Waals surface area contributed by atoms with Crippen LogP contribution in [0, 0.1) is 32.1 Å². The minimum absolute atomic E-state index is 0.138. The van der Waals surface area contributed by atoms with Gasteiger partial charge in [-0.05, 0) is 63.2 Å². The van der Waals surface area contributed by atoms with Crippen LogP contribution < -0.4 is 16.2 Å². The monoisotopic (exact) mass is 453 g/mol. The van der Waals surface area contributed by atoms with Gasteiger partial charge in [-0.25, -0.2) is 0 Å². The van der Waals surface area contributed by atoms with Gasteiger partial charge >= 0.3 is 0 Å². The van der Waals surface area contributed by atoms with E-state index in [0.29, 0.717) is 16.7 Å². The van der Waals surface area contributed by atoms with Crippen molar-refractivity contribution >= 4 is 16.8 Å². The highest BCUT2D eigenvalue weighted by Crippen LogP contribution is 2.31. The Labute approximate surface area is 198 Å². The molecule has 3 N–H and O–H groups in total. The van der Waals surface area contributed by atoms with Gasteiger partial charge in [-0.15, -0.1) is 0 Å². The number of aromatic amines is 1. The van der Waals surface area contributed by atoms with Crippen molar-refractivity contribution in [3.8, 4) is 6.07 Å². The molecule has 172 valence electrons.